The zero-order valence-electron chi connectivity index (χ0n) is 14.5. The van der Waals surface area contributed by atoms with Gasteiger partial charge in [-0.25, -0.2) is 4.79 Å². The highest BCUT2D eigenvalue weighted by molar-refractivity contribution is 6.06. The maximum atomic E-state index is 12.9. The number of aryl methyl sites for hydroxylation is 2. The van der Waals surface area contributed by atoms with E-state index in [1.54, 1.807) is 6.92 Å². The van der Waals surface area contributed by atoms with Gasteiger partial charge in [-0.05, 0) is 38.5 Å². The molecule has 0 saturated heterocycles. The van der Waals surface area contributed by atoms with Crippen LogP contribution in [0.4, 0.5) is 10.5 Å². The van der Waals surface area contributed by atoms with Gasteiger partial charge in [0.15, 0.2) is 0 Å². The summed E-state index contributed by atoms with van der Waals surface area (Å²) >= 11 is 0. The van der Waals surface area contributed by atoms with Crippen molar-refractivity contribution in [1.29, 1.82) is 0 Å². The molecule has 0 saturated carbocycles. The molecule has 0 aromatic heterocycles. The van der Waals surface area contributed by atoms with E-state index in [2.05, 4.69) is 16.0 Å². The highest BCUT2D eigenvalue weighted by Crippen LogP contribution is 2.28. The molecule has 2 aromatic rings. The number of nitrogens with one attached hydrogen (secondary N) is 3. The van der Waals surface area contributed by atoms with Gasteiger partial charge in [-0.15, -0.1) is 0 Å². The fourth-order valence-corrected chi connectivity index (χ4v) is 2.84. The molecule has 3 amide bonds. The molecule has 128 valence electrons. The van der Waals surface area contributed by atoms with Gasteiger partial charge in [-0.1, -0.05) is 47.5 Å². The number of carbonyl (C=O) groups is 2. The minimum Gasteiger partial charge on any atom is -0.327 e. The van der Waals surface area contributed by atoms with Gasteiger partial charge in [-0.3, -0.25) is 4.79 Å². The molecule has 5 nitrogen and oxygen atoms in total. The van der Waals surface area contributed by atoms with Crippen molar-refractivity contribution in [2.45, 2.75) is 26.8 Å². The molecule has 3 rings (SSSR count). The van der Waals surface area contributed by atoms with Crippen LogP contribution in [-0.4, -0.2) is 11.9 Å². The summed E-state index contributed by atoms with van der Waals surface area (Å²) in [6.45, 7) is 5.73. The molecule has 0 spiro atoms. The average molecular weight is 335 g/mol. The van der Waals surface area contributed by atoms with Crippen LogP contribution >= 0.6 is 0 Å². The molecule has 0 fully saturated rings. The van der Waals surface area contributed by atoms with E-state index < -0.39 is 6.04 Å². The van der Waals surface area contributed by atoms with Gasteiger partial charge < -0.3 is 16.0 Å². The Hall–Kier alpha value is -3.08. The van der Waals surface area contributed by atoms with Crippen LogP contribution in [0.15, 0.2) is 59.8 Å². The van der Waals surface area contributed by atoms with Gasteiger partial charge in [0.05, 0.1) is 11.6 Å². The summed E-state index contributed by atoms with van der Waals surface area (Å²) < 4.78 is 0. The predicted octanol–water partition coefficient (Wildman–Crippen LogP) is 3.57. The van der Waals surface area contributed by atoms with Crippen LogP contribution in [0.1, 0.15) is 29.7 Å². The lowest BCUT2D eigenvalue weighted by atomic mass is 9.94. The number of amides is 3. The molecular weight excluding hydrogens is 314 g/mol. The second-order valence-corrected chi connectivity index (χ2v) is 6.30. The molecule has 25 heavy (non-hydrogen) atoms. The Kier molecular flexibility index (Phi) is 4.57. The van der Waals surface area contributed by atoms with Crippen molar-refractivity contribution >= 4 is 17.6 Å². The lowest BCUT2D eigenvalue weighted by molar-refractivity contribution is -0.113. The van der Waals surface area contributed by atoms with Gasteiger partial charge in [0, 0.05) is 11.4 Å². The minimum atomic E-state index is -0.486. The fraction of sp³-hybridized carbons (Fsp3) is 0.200. The van der Waals surface area contributed by atoms with Crippen LogP contribution in [0.25, 0.3) is 0 Å². The first-order chi connectivity index (χ1) is 11.9. The van der Waals surface area contributed by atoms with Gasteiger partial charge in [0.2, 0.25) is 0 Å². The number of benzene rings is 2. The van der Waals surface area contributed by atoms with E-state index in [1.165, 1.54) is 0 Å². The van der Waals surface area contributed by atoms with Crippen molar-refractivity contribution in [3.8, 4) is 0 Å². The first-order valence-electron chi connectivity index (χ1n) is 8.17. The Balaban J connectivity index is 1.92. The first-order valence-corrected chi connectivity index (χ1v) is 8.17. The zero-order valence-corrected chi connectivity index (χ0v) is 14.5. The second-order valence-electron chi connectivity index (χ2n) is 6.30. The third-order valence-electron chi connectivity index (χ3n) is 4.23. The highest BCUT2D eigenvalue weighted by atomic mass is 16.2. The van der Waals surface area contributed by atoms with E-state index in [-0.39, 0.29) is 11.9 Å². The molecule has 5 heteroatoms. The van der Waals surface area contributed by atoms with E-state index in [1.807, 2.05) is 62.4 Å². The number of rotatable bonds is 3. The number of carbonyl (C=O) groups excluding carboxylic acids is 2. The maximum absolute atomic E-state index is 12.9. The van der Waals surface area contributed by atoms with E-state index in [0.29, 0.717) is 11.3 Å². The number of allylic oxidation sites excluding steroid dienone is 1. The summed E-state index contributed by atoms with van der Waals surface area (Å²) in [7, 11) is 0. The van der Waals surface area contributed by atoms with Crippen molar-refractivity contribution in [2.24, 2.45) is 0 Å². The smallest absolute Gasteiger partial charge is 0.319 e. The number of anilines is 1. The molecule has 1 aliphatic rings. The molecule has 0 aliphatic carbocycles. The van der Waals surface area contributed by atoms with Crippen LogP contribution in [-0.2, 0) is 4.79 Å². The van der Waals surface area contributed by atoms with Crippen LogP contribution in [0.3, 0.4) is 0 Å². The lowest BCUT2D eigenvalue weighted by Gasteiger charge is -2.28. The number of urea groups is 1. The van der Waals surface area contributed by atoms with E-state index in [0.717, 1.165) is 22.4 Å². The molecule has 1 atom stereocenters. The highest BCUT2D eigenvalue weighted by Gasteiger charge is 2.31. The molecule has 1 aliphatic heterocycles. The van der Waals surface area contributed by atoms with E-state index in [4.69, 9.17) is 0 Å². The van der Waals surface area contributed by atoms with E-state index in [9.17, 15) is 9.59 Å². The quantitative estimate of drug-likeness (QED) is 0.802. The monoisotopic (exact) mass is 335 g/mol. The van der Waals surface area contributed by atoms with Crippen molar-refractivity contribution in [1.82, 2.24) is 10.6 Å². The Morgan fingerprint density at radius 1 is 0.920 bits per heavy atom. The average Bonchev–Trinajstić information content (AvgIpc) is 2.57. The van der Waals surface area contributed by atoms with Crippen molar-refractivity contribution in [3.05, 3.63) is 76.5 Å². The Morgan fingerprint density at radius 2 is 1.48 bits per heavy atom. The molecular formula is C20H21N3O2. The summed E-state index contributed by atoms with van der Waals surface area (Å²) in [6.07, 6.45) is 0. The van der Waals surface area contributed by atoms with Crippen molar-refractivity contribution in [3.63, 3.8) is 0 Å². The standard InChI is InChI=1S/C20H21N3O2/c1-12-4-8-15(9-5-12)18-17(14(3)21-20(25)23-18)19(24)22-16-10-6-13(2)7-11-16/h4-11,18H,1-3H3,(H,22,24)(H2,21,23,25)/t18-/m0/s1. The fourth-order valence-electron chi connectivity index (χ4n) is 2.84. The molecule has 0 radical (unpaired) electrons. The number of hydrogen-bond donors (Lipinski definition) is 3. The molecule has 3 N–H and O–H groups in total. The predicted molar refractivity (Wildman–Crippen MR) is 98.1 cm³/mol. The largest absolute Gasteiger partial charge is 0.327 e. The van der Waals surface area contributed by atoms with Crippen molar-refractivity contribution in [2.75, 3.05) is 5.32 Å². The summed E-state index contributed by atoms with van der Waals surface area (Å²) in [5, 5.41) is 8.43. The van der Waals surface area contributed by atoms with Crippen LogP contribution < -0.4 is 16.0 Å². The summed E-state index contributed by atoms with van der Waals surface area (Å²) in [5.74, 6) is -0.237. The maximum Gasteiger partial charge on any atom is 0.319 e. The topological polar surface area (TPSA) is 70.2 Å². The Bertz CT molecular complexity index is 836. The molecule has 0 bridgehead atoms. The van der Waals surface area contributed by atoms with Crippen LogP contribution in [0, 0.1) is 13.8 Å². The molecule has 2 aromatic carbocycles. The first kappa shape index (κ1) is 16.8. The van der Waals surface area contributed by atoms with Gasteiger partial charge in [0.1, 0.15) is 0 Å². The summed E-state index contributed by atoms with van der Waals surface area (Å²) in [4.78, 5) is 24.8. The normalized spacial score (nSPS) is 16.9. The lowest BCUT2D eigenvalue weighted by Crippen LogP contribution is -2.45. The van der Waals surface area contributed by atoms with Crippen LogP contribution in [0.2, 0.25) is 0 Å². The van der Waals surface area contributed by atoms with Crippen molar-refractivity contribution < 1.29 is 9.59 Å². The van der Waals surface area contributed by atoms with Gasteiger partial charge in [0.25, 0.3) is 5.91 Å². The molecule has 0 unspecified atom stereocenters. The Morgan fingerprint density at radius 3 is 2.08 bits per heavy atom. The summed E-state index contributed by atoms with van der Waals surface area (Å²) in [6, 6.07) is 14.6. The second kappa shape index (κ2) is 6.81. The van der Waals surface area contributed by atoms with E-state index >= 15 is 0 Å². The third kappa shape index (κ3) is 3.71. The molecule has 1 heterocycles. The zero-order chi connectivity index (χ0) is 18.0. The third-order valence-corrected chi connectivity index (χ3v) is 4.23. The number of hydrogen-bond acceptors (Lipinski definition) is 2. The van der Waals surface area contributed by atoms with Gasteiger partial charge >= 0.3 is 6.03 Å². The summed E-state index contributed by atoms with van der Waals surface area (Å²) in [5.41, 5.74) is 4.89. The van der Waals surface area contributed by atoms with Crippen LogP contribution in [0.5, 0.6) is 0 Å². The Labute approximate surface area is 147 Å². The van der Waals surface area contributed by atoms with Gasteiger partial charge in [-0.2, -0.15) is 0 Å². The SMILES string of the molecule is CC1=C(C(=O)Nc2ccc(C)cc2)[C@H](c2ccc(C)cc2)NC(=O)N1. The minimum absolute atomic E-state index is 0.237.